The molecule has 0 unspecified atom stereocenters. The SMILES string of the molecule is Cc1ccc(CC[C@H](N)C(=O)N[C@@H](CC(C)C)C(=O)Nc2ccccc2)cc1C. The van der Waals surface area contributed by atoms with Gasteiger partial charge in [0.2, 0.25) is 11.8 Å². The van der Waals surface area contributed by atoms with Crippen LogP contribution in [0.15, 0.2) is 48.5 Å². The lowest BCUT2D eigenvalue weighted by atomic mass is 9.99. The van der Waals surface area contributed by atoms with Gasteiger partial charge in [0.1, 0.15) is 6.04 Å². The van der Waals surface area contributed by atoms with Crippen molar-refractivity contribution in [3.63, 3.8) is 0 Å². The molecule has 0 saturated carbocycles. The van der Waals surface area contributed by atoms with E-state index in [1.54, 1.807) is 0 Å². The molecule has 0 aromatic heterocycles. The second kappa shape index (κ2) is 10.8. The molecule has 2 aromatic rings. The lowest BCUT2D eigenvalue weighted by Gasteiger charge is -2.22. The van der Waals surface area contributed by atoms with Crippen LogP contribution in [0.2, 0.25) is 0 Å². The molecular weight excluding hydrogens is 362 g/mol. The third-order valence-corrected chi connectivity index (χ3v) is 5.03. The second-order valence-electron chi connectivity index (χ2n) is 8.11. The minimum atomic E-state index is -0.657. The van der Waals surface area contributed by atoms with Gasteiger partial charge in [0.05, 0.1) is 6.04 Å². The van der Waals surface area contributed by atoms with Gasteiger partial charge in [0, 0.05) is 5.69 Å². The highest BCUT2D eigenvalue weighted by atomic mass is 16.2. The second-order valence-corrected chi connectivity index (χ2v) is 8.11. The van der Waals surface area contributed by atoms with E-state index in [0.29, 0.717) is 18.5 Å². The first-order chi connectivity index (χ1) is 13.8. The molecule has 0 saturated heterocycles. The van der Waals surface area contributed by atoms with E-state index in [1.165, 1.54) is 11.1 Å². The molecule has 0 aliphatic rings. The molecule has 0 aliphatic heterocycles. The predicted octanol–water partition coefficient (Wildman–Crippen LogP) is 3.73. The van der Waals surface area contributed by atoms with E-state index in [-0.39, 0.29) is 17.7 Å². The Balaban J connectivity index is 1.94. The van der Waals surface area contributed by atoms with E-state index in [9.17, 15) is 9.59 Å². The van der Waals surface area contributed by atoms with Gasteiger partial charge in [-0.15, -0.1) is 0 Å². The van der Waals surface area contributed by atoms with E-state index in [0.717, 1.165) is 12.0 Å². The summed E-state index contributed by atoms with van der Waals surface area (Å²) in [6, 6.07) is 14.3. The van der Waals surface area contributed by atoms with Gasteiger partial charge in [-0.05, 0) is 67.9 Å². The van der Waals surface area contributed by atoms with Gasteiger partial charge in [0.15, 0.2) is 0 Å². The van der Waals surface area contributed by atoms with E-state index >= 15 is 0 Å². The summed E-state index contributed by atoms with van der Waals surface area (Å²) < 4.78 is 0. The smallest absolute Gasteiger partial charge is 0.246 e. The maximum absolute atomic E-state index is 12.7. The Morgan fingerprint density at radius 1 is 0.966 bits per heavy atom. The summed E-state index contributed by atoms with van der Waals surface area (Å²) in [6.07, 6.45) is 1.80. The summed E-state index contributed by atoms with van der Waals surface area (Å²) in [5.41, 5.74) is 10.5. The van der Waals surface area contributed by atoms with Crippen LogP contribution in [0.1, 0.15) is 43.4 Å². The molecule has 2 atom stereocenters. The first-order valence-electron chi connectivity index (χ1n) is 10.2. The Kier molecular flexibility index (Phi) is 8.40. The normalized spacial score (nSPS) is 13.0. The summed E-state index contributed by atoms with van der Waals surface area (Å²) in [5.74, 6) is -0.254. The van der Waals surface area contributed by atoms with E-state index in [4.69, 9.17) is 5.73 Å². The minimum absolute atomic E-state index is 0.223. The van der Waals surface area contributed by atoms with E-state index < -0.39 is 12.1 Å². The number of benzene rings is 2. The molecule has 4 N–H and O–H groups in total. The number of hydrogen-bond acceptors (Lipinski definition) is 3. The Labute approximate surface area is 174 Å². The number of anilines is 1. The van der Waals surface area contributed by atoms with Crippen molar-refractivity contribution in [2.45, 2.75) is 59.0 Å². The maximum atomic E-state index is 12.7. The van der Waals surface area contributed by atoms with Gasteiger partial charge < -0.3 is 16.4 Å². The number of aryl methyl sites for hydroxylation is 3. The summed E-state index contributed by atoms with van der Waals surface area (Å²) in [7, 11) is 0. The van der Waals surface area contributed by atoms with Crippen LogP contribution >= 0.6 is 0 Å². The molecule has 0 radical (unpaired) electrons. The summed E-state index contributed by atoms with van der Waals surface area (Å²) in [6.45, 7) is 8.20. The van der Waals surface area contributed by atoms with Crippen LogP contribution in [0.4, 0.5) is 5.69 Å². The fourth-order valence-electron chi connectivity index (χ4n) is 3.14. The molecule has 0 heterocycles. The predicted molar refractivity (Wildman–Crippen MR) is 119 cm³/mol. The van der Waals surface area contributed by atoms with Gasteiger partial charge in [-0.3, -0.25) is 9.59 Å². The molecule has 0 spiro atoms. The Bertz CT molecular complexity index is 818. The van der Waals surface area contributed by atoms with Gasteiger partial charge in [-0.2, -0.15) is 0 Å². The molecule has 29 heavy (non-hydrogen) atoms. The van der Waals surface area contributed by atoms with Crippen molar-refractivity contribution in [1.29, 1.82) is 0 Å². The molecule has 0 fully saturated rings. The number of amides is 2. The number of rotatable bonds is 9. The highest BCUT2D eigenvalue weighted by Crippen LogP contribution is 2.13. The van der Waals surface area contributed by atoms with Crippen LogP contribution in [0.25, 0.3) is 0 Å². The lowest BCUT2D eigenvalue weighted by Crippen LogP contribution is -2.50. The molecular formula is C24H33N3O2. The number of para-hydroxylation sites is 1. The van der Waals surface area contributed by atoms with Crippen LogP contribution in [0.5, 0.6) is 0 Å². The standard InChI is InChI=1S/C24H33N3O2/c1-16(2)14-22(24(29)26-20-8-6-5-7-9-20)27-23(28)21(25)13-12-19-11-10-17(3)18(4)15-19/h5-11,15-16,21-22H,12-14,25H2,1-4H3,(H,26,29)(H,27,28)/t21-,22-/m0/s1. The van der Waals surface area contributed by atoms with Crippen LogP contribution in [-0.2, 0) is 16.0 Å². The zero-order chi connectivity index (χ0) is 21.4. The van der Waals surface area contributed by atoms with Crippen molar-refractivity contribution in [3.8, 4) is 0 Å². The number of carbonyl (C=O) groups is 2. The van der Waals surface area contributed by atoms with Crippen LogP contribution in [0.3, 0.4) is 0 Å². The summed E-state index contributed by atoms with van der Waals surface area (Å²) in [4.78, 5) is 25.3. The zero-order valence-electron chi connectivity index (χ0n) is 17.9. The van der Waals surface area contributed by atoms with Crippen molar-refractivity contribution in [2.75, 3.05) is 5.32 Å². The third-order valence-electron chi connectivity index (χ3n) is 5.03. The molecule has 0 bridgehead atoms. The van der Waals surface area contributed by atoms with E-state index in [2.05, 4.69) is 42.7 Å². The highest BCUT2D eigenvalue weighted by Gasteiger charge is 2.24. The number of carbonyl (C=O) groups excluding carboxylic acids is 2. The number of nitrogens with two attached hydrogens (primary N) is 1. The van der Waals surface area contributed by atoms with Crippen molar-refractivity contribution >= 4 is 17.5 Å². The summed E-state index contributed by atoms with van der Waals surface area (Å²) >= 11 is 0. The maximum Gasteiger partial charge on any atom is 0.246 e. The van der Waals surface area contributed by atoms with E-state index in [1.807, 2.05) is 44.2 Å². The highest BCUT2D eigenvalue weighted by molar-refractivity contribution is 5.97. The first-order valence-corrected chi connectivity index (χ1v) is 10.2. The Morgan fingerprint density at radius 2 is 1.66 bits per heavy atom. The molecule has 5 nitrogen and oxygen atoms in total. The number of hydrogen-bond donors (Lipinski definition) is 3. The average Bonchev–Trinajstić information content (AvgIpc) is 2.68. The minimum Gasteiger partial charge on any atom is -0.343 e. The van der Waals surface area contributed by atoms with Crippen molar-refractivity contribution in [3.05, 3.63) is 65.2 Å². The Hall–Kier alpha value is -2.66. The molecule has 0 aliphatic carbocycles. The molecule has 2 rings (SSSR count). The van der Waals surface area contributed by atoms with Crippen molar-refractivity contribution in [2.24, 2.45) is 11.7 Å². The largest absolute Gasteiger partial charge is 0.343 e. The first kappa shape index (κ1) is 22.6. The van der Waals surface area contributed by atoms with Crippen LogP contribution in [-0.4, -0.2) is 23.9 Å². The van der Waals surface area contributed by atoms with Crippen LogP contribution in [0, 0.1) is 19.8 Å². The zero-order valence-corrected chi connectivity index (χ0v) is 17.9. The molecule has 2 aromatic carbocycles. The lowest BCUT2D eigenvalue weighted by molar-refractivity contribution is -0.127. The van der Waals surface area contributed by atoms with Crippen molar-refractivity contribution in [1.82, 2.24) is 5.32 Å². The molecule has 2 amide bonds. The average molecular weight is 396 g/mol. The fourth-order valence-corrected chi connectivity index (χ4v) is 3.14. The van der Waals surface area contributed by atoms with Gasteiger partial charge in [0.25, 0.3) is 0 Å². The van der Waals surface area contributed by atoms with Crippen molar-refractivity contribution < 1.29 is 9.59 Å². The molecule has 5 heteroatoms. The Morgan fingerprint density at radius 3 is 2.28 bits per heavy atom. The molecule has 156 valence electrons. The fraction of sp³-hybridized carbons (Fsp3) is 0.417. The van der Waals surface area contributed by atoms with Gasteiger partial charge in [-0.1, -0.05) is 50.2 Å². The third kappa shape index (κ3) is 7.35. The topological polar surface area (TPSA) is 84.2 Å². The summed E-state index contributed by atoms with van der Waals surface area (Å²) in [5, 5.41) is 5.72. The van der Waals surface area contributed by atoms with Crippen LogP contribution < -0.4 is 16.4 Å². The van der Waals surface area contributed by atoms with Gasteiger partial charge in [-0.25, -0.2) is 0 Å². The van der Waals surface area contributed by atoms with Gasteiger partial charge >= 0.3 is 0 Å². The number of nitrogens with one attached hydrogen (secondary N) is 2. The monoisotopic (exact) mass is 395 g/mol. The quantitative estimate of drug-likeness (QED) is 0.605.